The monoisotopic (exact) mass is 200 g/mol. The topological polar surface area (TPSA) is 58.9 Å². The fourth-order valence-corrected chi connectivity index (χ4v) is 2.11. The molecule has 15 heavy (non-hydrogen) atoms. The molecule has 0 radical (unpaired) electrons. The van der Waals surface area contributed by atoms with Crippen molar-refractivity contribution < 1.29 is 9.59 Å². The molecular formula is C11H8N2O2. The Balaban J connectivity index is 2.16. The van der Waals surface area contributed by atoms with Gasteiger partial charge in [-0.3, -0.25) is 19.6 Å². The van der Waals surface area contributed by atoms with Crippen molar-refractivity contribution in [2.24, 2.45) is 9.98 Å². The zero-order valence-corrected chi connectivity index (χ0v) is 8.20. The fourth-order valence-electron chi connectivity index (χ4n) is 2.11. The number of carbonyl (C=O) groups is 2. The number of allylic oxidation sites excluding steroid dienone is 2. The van der Waals surface area contributed by atoms with E-state index in [4.69, 9.17) is 0 Å². The average molecular weight is 200 g/mol. The molecule has 3 aliphatic rings. The second-order valence-electron chi connectivity index (χ2n) is 3.85. The minimum absolute atomic E-state index is 0.0438. The third-order valence-electron chi connectivity index (χ3n) is 2.80. The summed E-state index contributed by atoms with van der Waals surface area (Å²) < 4.78 is 0. The summed E-state index contributed by atoms with van der Waals surface area (Å²) in [6.45, 7) is 1.83. The molecule has 0 aromatic carbocycles. The second-order valence-corrected chi connectivity index (χ2v) is 3.85. The Labute approximate surface area is 86.1 Å². The number of hydrogen-bond donors (Lipinski definition) is 0. The Kier molecular flexibility index (Phi) is 1.46. The lowest BCUT2D eigenvalue weighted by Gasteiger charge is -2.11. The highest BCUT2D eigenvalue weighted by atomic mass is 16.1. The van der Waals surface area contributed by atoms with Crippen molar-refractivity contribution in [3.05, 3.63) is 22.5 Å². The smallest absolute Gasteiger partial charge is 0.230 e. The van der Waals surface area contributed by atoms with Gasteiger partial charge in [-0.2, -0.15) is 0 Å². The Hall–Kier alpha value is -1.84. The molecule has 0 amide bonds. The molecule has 0 N–H and O–H groups in total. The molecule has 2 heterocycles. The molecule has 4 nitrogen and oxygen atoms in total. The van der Waals surface area contributed by atoms with Crippen molar-refractivity contribution in [3.8, 4) is 0 Å². The SMILES string of the molecule is CC1=NC2=C(C1)C(=O)C1=C(N=CC1)C2=O. The van der Waals surface area contributed by atoms with Crippen molar-refractivity contribution in [2.45, 2.75) is 19.8 Å². The Bertz CT molecular complexity index is 533. The van der Waals surface area contributed by atoms with Crippen LogP contribution in [0.1, 0.15) is 19.8 Å². The van der Waals surface area contributed by atoms with Crippen LogP contribution in [0.3, 0.4) is 0 Å². The molecule has 1 aliphatic carbocycles. The van der Waals surface area contributed by atoms with E-state index in [2.05, 4.69) is 9.98 Å². The molecule has 0 bridgehead atoms. The zero-order chi connectivity index (χ0) is 10.6. The van der Waals surface area contributed by atoms with Crippen LogP contribution in [-0.4, -0.2) is 23.5 Å². The Morgan fingerprint density at radius 3 is 2.73 bits per heavy atom. The number of hydrogen-bond acceptors (Lipinski definition) is 4. The van der Waals surface area contributed by atoms with Gasteiger partial charge in [-0.1, -0.05) is 0 Å². The fraction of sp³-hybridized carbons (Fsp3) is 0.273. The van der Waals surface area contributed by atoms with Crippen LogP contribution in [0, 0.1) is 0 Å². The largest absolute Gasteiger partial charge is 0.289 e. The van der Waals surface area contributed by atoms with Crippen LogP contribution in [0.25, 0.3) is 0 Å². The second kappa shape index (κ2) is 2.59. The summed E-state index contributed by atoms with van der Waals surface area (Å²) in [6, 6.07) is 0. The summed E-state index contributed by atoms with van der Waals surface area (Å²) in [6.07, 6.45) is 2.60. The molecule has 0 aromatic heterocycles. The summed E-state index contributed by atoms with van der Waals surface area (Å²) in [4.78, 5) is 31.9. The molecule has 0 unspecified atom stereocenters. The number of rotatable bonds is 0. The van der Waals surface area contributed by atoms with Crippen molar-refractivity contribution in [2.75, 3.05) is 0 Å². The molecule has 0 aromatic rings. The first-order valence-electron chi connectivity index (χ1n) is 4.81. The maximum atomic E-state index is 12.0. The highest BCUT2D eigenvalue weighted by Crippen LogP contribution is 2.35. The number of Topliss-reactive ketones (excluding diaryl/α,β-unsaturated/α-hetero) is 2. The van der Waals surface area contributed by atoms with Gasteiger partial charge in [-0.15, -0.1) is 0 Å². The summed E-state index contributed by atoms with van der Waals surface area (Å²) in [5, 5.41) is 0. The van der Waals surface area contributed by atoms with E-state index in [9.17, 15) is 9.59 Å². The predicted molar refractivity (Wildman–Crippen MR) is 54.9 cm³/mol. The first kappa shape index (κ1) is 8.47. The van der Waals surface area contributed by atoms with Gasteiger partial charge in [-0.25, -0.2) is 0 Å². The average Bonchev–Trinajstić information content (AvgIpc) is 2.79. The highest BCUT2D eigenvalue weighted by Gasteiger charge is 2.38. The van der Waals surface area contributed by atoms with Crippen LogP contribution in [0.5, 0.6) is 0 Å². The normalized spacial score (nSPS) is 23.7. The summed E-state index contributed by atoms with van der Waals surface area (Å²) in [7, 11) is 0. The predicted octanol–water partition coefficient (Wildman–Crippen LogP) is 0.986. The van der Waals surface area contributed by atoms with Gasteiger partial charge < -0.3 is 0 Å². The summed E-state index contributed by atoms with van der Waals surface area (Å²) in [5.41, 5.74) is 2.55. The van der Waals surface area contributed by atoms with E-state index >= 15 is 0 Å². The lowest BCUT2D eigenvalue weighted by molar-refractivity contribution is -0.116. The lowest BCUT2D eigenvalue weighted by atomic mass is 9.90. The molecule has 74 valence electrons. The van der Waals surface area contributed by atoms with E-state index < -0.39 is 0 Å². The van der Waals surface area contributed by atoms with Crippen LogP contribution in [0.15, 0.2) is 32.5 Å². The van der Waals surface area contributed by atoms with Gasteiger partial charge in [-0.05, 0) is 6.92 Å². The van der Waals surface area contributed by atoms with E-state index in [0.717, 1.165) is 5.71 Å². The van der Waals surface area contributed by atoms with Gasteiger partial charge in [0.2, 0.25) is 5.78 Å². The molecular weight excluding hydrogens is 192 g/mol. The maximum Gasteiger partial charge on any atom is 0.230 e. The van der Waals surface area contributed by atoms with E-state index in [0.29, 0.717) is 35.4 Å². The van der Waals surface area contributed by atoms with E-state index in [1.54, 1.807) is 6.21 Å². The zero-order valence-electron chi connectivity index (χ0n) is 8.20. The van der Waals surface area contributed by atoms with Gasteiger partial charge in [0, 0.05) is 35.9 Å². The van der Waals surface area contributed by atoms with Crippen molar-refractivity contribution in [1.82, 2.24) is 0 Å². The molecule has 0 spiro atoms. The molecule has 0 atom stereocenters. The Morgan fingerprint density at radius 1 is 1.13 bits per heavy atom. The molecule has 4 heteroatoms. The van der Waals surface area contributed by atoms with Crippen LogP contribution in [0.2, 0.25) is 0 Å². The van der Waals surface area contributed by atoms with Crippen LogP contribution >= 0.6 is 0 Å². The minimum atomic E-state index is -0.190. The maximum absolute atomic E-state index is 12.0. The van der Waals surface area contributed by atoms with Gasteiger partial charge in [0.25, 0.3) is 0 Å². The van der Waals surface area contributed by atoms with Crippen molar-refractivity contribution >= 4 is 23.5 Å². The van der Waals surface area contributed by atoms with Crippen LogP contribution in [0.4, 0.5) is 0 Å². The van der Waals surface area contributed by atoms with E-state index in [1.165, 1.54) is 0 Å². The third kappa shape index (κ3) is 0.960. The molecule has 0 fully saturated rings. The quantitative estimate of drug-likeness (QED) is 0.547. The highest BCUT2D eigenvalue weighted by molar-refractivity contribution is 6.29. The number of carbonyl (C=O) groups excluding carboxylic acids is 2. The number of ketones is 2. The van der Waals surface area contributed by atoms with Crippen molar-refractivity contribution in [3.63, 3.8) is 0 Å². The first-order valence-corrected chi connectivity index (χ1v) is 4.81. The number of nitrogens with zero attached hydrogens (tertiary/aromatic N) is 2. The Morgan fingerprint density at radius 2 is 1.93 bits per heavy atom. The molecule has 2 aliphatic heterocycles. The summed E-state index contributed by atoms with van der Waals surface area (Å²) >= 11 is 0. The first-order chi connectivity index (χ1) is 7.18. The van der Waals surface area contributed by atoms with E-state index in [-0.39, 0.29) is 11.6 Å². The number of aliphatic imine (C=N–C) groups is 2. The van der Waals surface area contributed by atoms with Crippen LogP contribution in [-0.2, 0) is 9.59 Å². The van der Waals surface area contributed by atoms with E-state index in [1.807, 2.05) is 6.92 Å². The molecule has 0 saturated heterocycles. The van der Waals surface area contributed by atoms with Crippen molar-refractivity contribution in [1.29, 1.82) is 0 Å². The standard InChI is InChI=1S/C11H8N2O2/c1-5-4-7-9(13-5)11(15)8-6(10(7)14)2-3-12-8/h3H,2,4H2,1H3. The molecule has 3 rings (SSSR count). The molecule has 0 saturated carbocycles. The lowest BCUT2D eigenvalue weighted by Crippen LogP contribution is -2.19. The van der Waals surface area contributed by atoms with Gasteiger partial charge in [0.1, 0.15) is 11.4 Å². The van der Waals surface area contributed by atoms with Gasteiger partial charge >= 0.3 is 0 Å². The minimum Gasteiger partial charge on any atom is -0.289 e. The summed E-state index contributed by atoms with van der Waals surface area (Å²) in [5.74, 6) is -0.233. The van der Waals surface area contributed by atoms with Gasteiger partial charge in [0.05, 0.1) is 0 Å². The van der Waals surface area contributed by atoms with Crippen LogP contribution < -0.4 is 0 Å². The van der Waals surface area contributed by atoms with Gasteiger partial charge in [0.15, 0.2) is 5.78 Å². The third-order valence-corrected chi connectivity index (χ3v) is 2.80.